The van der Waals surface area contributed by atoms with Crippen molar-refractivity contribution in [2.24, 2.45) is 7.05 Å². The van der Waals surface area contributed by atoms with Gasteiger partial charge in [0.1, 0.15) is 0 Å². The quantitative estimate of drug-likeness (QED) is 0.607. The van der Waals surface area contributed by atoms with Crippen LogP contribution in [0.1, 0.15) is 32.6 Å². The van der Waals surface area contributed by atoms with Crippen molar-refractivity contribution < 1.29 is 18.9 Å². The van der Waals surface area contributed by atoms with Gasteiger partial charge < -0.3 is 14.4 Å². The van der Waals surface area contributed by atoms with Gasteiger partial charge in [-0.3, -0.25) is 4.52 Å². The number of unbranched alkanes of at least 4 members (excludes halogenated alkanes) is 3. The summed E-state index contributed by atoms with van der Waals surface area (Å²) in [6.45, 7) is 2.23. The number of rotatable bonds is 6. The minimum absolute atomic E-state index is 0.157. The van der Waals surface area contributed by atoms with Crippen LogP contribution in [0, 0.1) is 0 Å². The minimum Gasteiger partial charge on any atom is -0.341 e. The number of phosphoric acid groups is 1. The Morgan fingerprint density at radius 2 is 2.06 bits per heavy atom. The lowest BCUT2D eigenvalue weighted by Gasteiger charge is -2.03. The summed E-state index contributed by atoms with van der Waals surface area (Å²) in [7, 11) is -2.28. The highest BCUT2D eigenvalue weighted by molar-refractivity contribution is 7.46. The molecule has 0 saturated heterocycles. The van der Waals surface area contributed by atoms with Crippen molar-refractivity contribution in [2.45, 2.75) is 32.6 Å². The molecule has 1 aromatic rings. The summed E-state index contributed by atoms with van der Waals surface area (Å²) >= 11 is 0. The van der Waals surface area contributed by atoms with Crippen LogP contribution in [0.25, 0.3) is 0 Å². The summed E-state index contributed by atoms with van der Waals surface area (Å²) in [5.74, 6) is 0. The first kappa shape index (κ1) is 16.3. The molecule has 0 aliphatic carbocycles. The molecule has 0 aliphatic rings. The second kappa shape index (κ2) is 9.36. The van der Waals surface area contributed by atoms with Crippen molar-refractivity contribution in [3.05, 3.63) is 18.7 Å². The lowest BCUT2D eigenvalue weighted by atomic mass is 10.2. The molecule has 1 rings (SSSR count). The third-order valence-electron chi connectivity index (χ3n) is 1.89. The van der Waals surface area contributed by atoms with E-state index in [2.05, 4.69) is 16.4 Å². The smallest absolute Gasteiger partial charge is 0.341 e. The van der Waals surface area contributed by atoms with Gasteiger partial charge in [0.25, 0.3) is 0 Å². The van der Waals surface area contributed by atoms with Gasteiger partial charge in [-0.25, -0.2) is 9.55 Å². The van der Waals surface area contributed by atoms with Gasteiger partial charge in [0, 0.05) is 19.4 Å². The van der Waals surface area contributed by atoms with E-state index in [0.717, 1.165) is 25.7 Å². The number of phosphoric ester groups is 1. The molecule has 0 aromatic carbocycles. The van der Waals surface area contributed by atoms with Crippen molar-refractivity contribution in [3.8, 4) is 0 Å². The minimum atomic E-state index is -4.21. The Labute approximate surface area is 102 Å². The fraction of sp³-hybridized carbons (Fsp3) is 0.700. The largest absolute Gasteiger partial charge is 0.469 e. The van der Waals surface area contributed by atoms with E-state index in [1.165, 1.54) is 0 Å². The zero-order valence-corrected chi connectivity index (χ0v) is 11.2. The first-order valence-corrected chi connectivity index (χ1v) is 7.10. The summed E-state index contributed by atoms with van der Waals surface area (Å²) in [6, 6.07) is 0. The van der Waals surface area contributed by atoms with Gasteiger partial charge in [-0.15, -0.1) is 0 Å². The maximum atomic E-state index is 10.1. The lowest BCUT2D eigenvalue weighted by molar-refractivity contribution is 0.193. The molecule has 0 unspecified atom stereocenters. The fourth-order valence-electron chi connectivity index (χ4n) is 1.04. The van der Waals surface area contributed by atoms with Crippen molar-refractivity contribution in [1.29, 1.82) is 0 Å². The topological polar surface area (TPSA) is 84.6 Å². The Kier molecular flexibility index (Phi) is 8.99. The Morgan fingerprint density at radius 1 is 1.35 bits per heavy atom. The number of hydrogen-bond acceptors (Lipinski definition) is 3. The van der Waals surface area contributed by atoms with Crippen LogP contribution in [0.15, 0.2) is 18.7 Å². The highest BCUT2D eigenvalue weighted by Crippen LogP contribution is 2.35. The summed E-state index contributed by atoms with van der Waals surface area (Å²) < 4.78 is 16.3. The maximum absolute atomic E-state index is 10.1. The summed E-state index contributed by atoms with van der Waals surface area (Å²) in [6.07, 6.45) is 9.27. The van der Waals surface area contributed by atoms with E-state index in [1.54, 1.807) is 12.5 Å². The number of aryl methyl sites for hydroxylation is 1. The van der Waals surface area contributed by atoms with Crippen LogP contribution >= 0.6 is 7.82 Å². The average Bonchev–Trinajstić information content (AvgIpc) is 2.68. The monoisotopic (exact) mass is 264 g/mol. The first-order chi connectivity index (χ1) is 7.95. The Bertz CT molecular complexity index is 310. The Balaban J connectivity index is 0.000000354. The van der Waals surface area contributed by atoms with Gasteiger partial charge in [-0.05, 0) is 6.42 Å². The van der Waals surface area contributed by atoms with E-state index in [1.807, 2.05) is 17.8 Å². The number of aromatic nitrogens is 2. The van der Waals surface area contributed by atoms with Crippen LogP contribution in [-0.2, 0) is 16.1 Å². The predicted octanol–water partition coefficient (Wildman–Crippen LogP) is 2.10. The summed E-state index contributed by atoms with van der Waals surface area (Å²) in [5.41, 5.74) is 0. The third kappa shape index (κ3) is 13.3. The van der Waals surface area contributed by atoms with Gasteiger partial charge in [-0.1, -0.05) is 26.2 Å². The van der Waals surface area contributed by atoms with Gasteiger partial charge in [-0.2, -0.15) is 0 Å². The summed E-state index contributed by atoms with van der Waals surface area (Å²) in [4.78, 5) is 20.3. The highest BCUT2D eigenvalue weighted by atomic mass is 31.2. The molecule has 0 spiro atoms. The summed E-state index contributed by atoms with van der Waals surface area (Å²) in [5, 5.41) is 0. The Morgan fingerprint density at radius 3 is 2.41 bits per heavy atom. The zero-order valence-electron chi connectivity index (χ0n) is 10.3. The molecule has 1 heterocycles. The van der Waals surface area contributed by atoms with E-state index in [4.69, 9.17) is 9.79 Å². The average molecular weight is 264 g/mol. The zero-order chi connectivity index (χ0) is 13.1. The van der Waals surface area contributed by atoms with Crippen LogP contribution in [0.4, 0.5) is 0 Å². The number of nitrogens with zero attached hydrogens (tertiary/aromatic N) is 2. The van der Waals surface area contributed by atoms with Crippen LogP contribution < -0.4 is 0 Å². The van der Waals surface area contributed by atoms with Crippen molar-refractivity contribution in [2.75, 3.05) is 6.61 Å². The van der Waals surface area contributed by atoms with E-state index < -0.39 is 7.82 Å². The van der Waals surface area contributed by atoms with E-state index in [0.29, 0.717) is 0 Å². The van der Waals surface area contributed by atoms with Crippen LogP contribution in [0.3, 0.4) is 0 Å². The molecule has 100 valence electrons. The molecule has 0 aliphatic heterocycles. The SMILES string of the molecule is CCCCCCOP(=O)(O)O.Cn1ccnc1. The van der Waals surface area contributed by atoms with E-state index in [9.17, 15) is 4.57 Å². The fourth-order valence-corrected chi connectivity index (χ4v) is 1.41. The molecule has 7 heteroatoms. The van der Waals surface area contributed by atoms with Crippen molar-refractivity contribution in [1.82, 2.24) is 9.55 Å². The van der Waals surface area contributed by atoms with Crippen molar-refractivity contribution in [3.63, 3.8) is 0 Å². The van der Waals surface area contributed by atoms with E-state index >= 15 is 0 Å². The molecule has 17 heavy (non-hydrogen) atoms. The molecule has 0 bridgehead atoms. The highest BCUT2D eigenvalue weighted by Gasteiger charge is 2.11. The second-order valence-corrected chi connectivity index (χ2v) is 4.85. The van der Waals surface area contributed by atoms with E-state index in [-0.39, 0.29) is 6.61 Å². The molecule has 2 N–H and O–H groups in total. The van der Waals surface area contributed by atoms with Crippen molar-refractivity contribution >= 4 is 7.82 Å². The molecule has 0 radical (unpaired) electrons. The molecular formula is C10H21N2O4P. The van der Waals surface area contributed by atoms with Crippen LogP contribution in [-0.4, -0.2) is 25.9 Å². The molecule has 6 nitrogen and oxygen atoms in total. The first-order valence-electron chi connectivity index (χ1n) is 5.57. The predicted molar refractivity (Wildman–Crippen MR) is 65.3 cm³/mol. The van der Waals surface area contributed by atoms with Gasteiger partial charge >= 0.3 is 7.82 Å². The maximum Gasteiger partial charge on any atom is 0.469 e. The number of hydrogen-bond donors (Lipinski definition) is 2. The normalized spacial score (nSPS) is 10.8. The van der Waals surface area contributed by atoms with Gasteiger partial charge in [0.05, 0.1) is 12.9 Å². The molecular weight excluding hydrogens is 243 g/mol. The molecule has 1 aromatic heterocycles. The Hall–Kier alpha value is -0.680. The molecule has 0 atom stereocenters. The van der Waals surface area contributed by atoms with Crippen LogP contribution in [0.2, 0.25) is 0 Å². The molecule has 0 amide bonds. The van der Waals surface area contributed by atoms with Crippen LogP contribution in [0.5, 0.6) is 0 Å². The van der Waals surface area contributed by atoms with Gasteiger partial charge in [0.2, 0.25) is 0 Å². The number of imidazole rings is 1. The molecule has 0 saturated carbocycles. The standard InChI is InChI=1S/C6H15O4P.C4H6N2/c1-2-3-4-5-6-10-11(7,8)9;1-6-3-2-5-4-6/h2-6H2,1H3,(H2,7,8,9);2-4H,1H3. The third-order valence-corrected chi connectivity index (χ3v) is 2.41. The van der Waals surface area contributed by atoms with Gasteiger partial charge in [0.15, 0.2) is 0 Å². The molecule has 0 fully saturated rings. The second-order valence-electron chi connectivity index (χ2n) is 3.61. The lowest BCUT2D eigenvalue weighted by Crippen LogP contribution is -1.91.